The van der Waals surface area contributed by atoms with E-state index in [0.29, 0.717) is 53.1 Å². The lowest BCUT2D eigenvalue weighted by Crippen LogP contribution is -2.16. The molecule has 0 aliphatic carbocycles. The Labute approximate surface area is 196 Å². The first-order valence-electron chi connectivity index (χ1n) is 10.4. The highest BCUT2D eigenvalue weighted by Gasteiger charge is 2.28. The van der Waals surface area contributed by atoms with Gasteiger partial charge >= 0.3 is 5.97 Å². The largest absolute Gasteiger partial charge is 0.490 e. The number of hydrogen-bond donors (Lipinski definition) is 2. The minimum Gasteiger partial charge on any atom is -0.490 e. The summed E-state index contributed by atoms with van der Waals surface area (Å²) in [5.74, 6) is -0.455. The average molecular weight is 479 g/mol. The number of amides is 1. The zero-order valence-electron chi connectivity index (χ0n) is 18.8. The van der Waals surface area contributed by atoms with Crippen LogP contribution in [0.1, 0.15) is 28.5 Å². The van der Waals surface area contributed by atoms with E-state index in [1.54, 1.807) is 25.1 Å². The second-order valence-electron chi connectivity index (χ2n) is 6.99. The van der Waals surface area contributed by atoms with E-state index in [1.807, 2.05) is 7.05 Å². The van der Waals surface area contributed by atoms with Crippen LogP contribution in [0.2, 0.25) is 5.02 Å². The number of halogens is 1. The maximum Gasteiger partial charge on any atom is 0.341 e. The van der Waals surface area contributed by atoms with Gasteiger partial charge in [0, 0.05) is 19.2 Å². The molecule has 10 nitrogen and oxygen atoms in total. The number of fused-ring (bicyclic) bond motifs is 1. The van der Waals surface area contributed by atoms with Gasteiger partial charge in [0.2, 0.25) is 0 Å². The Kier molecular flexibility index (Phi) is 8.84. The van der Waals surface area contributed by atoms with E-state index < -0.39 is 5.97 Å². The fraction of sp³-hybridized carbons (Fsp3) is 0.409. The van der Waals surface area contributed by atoms with Crippen LogP contribution in [0.25, 0.3) is 11.6 Å². The number of benzene rings is 1. The normalized spacial score (nSPS) is 13.8. The van der Waals surface area contributed by atoms with Crippen molar-refractivity contribution in [2.75, 3.05) is 52.4 Å². The van der Waals surface area contributed by atoms with Crippen molar-refractivity contribution in [2.45, 2.75) is 13.7 Å². The van der Waals surface area contributed by atoms with Gasteiger partial charge in [-0.05, 0) is 32.2 Å². The van der Waals surface area contributed by atoms with Crippen molar-refractivity contribution in [3.63, 3.8) is 0 Å². The Morgan fingerprint density at radius 2 is 2.12 bits per heavy atom. The molecule has 0 radical (unpaired) electrons. The number of anilines is 1. The van der Waals surface area contributed by atoms with Crippen molar-refractivity contribution in [1.29, 1.82) is 0 Å². The fourth-order valence-electron chi connectivity index (χ4n) is 3.21. The Balaban J connectivity index is 1.90. The van der Waals surface area contributed by atoms with Gasteiger partial charge in [-0.15, -0.1) is 0 Å². The first kappa shape index (κ1) is 24.7. The molecule has 0 atom stereocenters. The number of carbonyl (C=O) groups excluding carboxylic acids is 2. The number of likely N-dealkylation sites (N-methyl/N-ethyl adjacent to an activating group) is 1. The number of hydrogen-bond acceptors (Lipinski definition) is 8. The molecule has 0 fully saturated rings. The van der Waals surface area contributed by atoms with Gasteiger partial charge in [0.25, 0.3) is 5.91 Å². The molecule has 2 heterocycles. The quantitative estimate of drug-likeness (QED) is 0.272. The van der Waals surface area contributed by atoms with E-state index in [4.69, 9.17) is 30.5 Å². The number of aromatic nitrogens is 2. The second kappa shape index (κ2) is 11.8. The number of methoxy groups -OCH3 is 1. The van der Waals surface area contributed by atoms with Gasteiger partial charge in [-0.25, -0.2) is 9.48 Å². The van der Waals surface area contributed by atoms with Crippen molar-refractivity contribution in [2.24, 2.45) is 0 Å². The zero-order valence-corrected chi connectivity index (χ0v) is 19.5. The molecule has 0 spiro atoms. The van der Waals surface area contributed by atoms with Gasteiger partial charge in [0.1, 0.15) is 24.7 Å². The Hall–Kier alpha value is -2.92. The molecule has 11 heteroatoms. The monoisotopic (exact) mass is 478 g/mol. The zero-order chi connectivity index (χ0) is 23.8. The van der Waals surface area contributed by atoms with Gasteiger partial charge in [-0.2, -0.15) is 5.10 Å². The van der Waals surface area contributed by atoms with Crippen molar-refractivity contribution in [3.05, 3.63) is 40.2 Å². The predicted molar refractivity (Wildman–Crippen MR) is 123 cm³/mol. The SMILES string of the molecule is CCOC(=O)c1cnn(COC)c1/C=C1\C(=O)Nc2cc(Cl)c(OCCOCCNC)cc21. The molecule has 0 saturated heterocycles. The van der Waals surface area contributed by atoms with Gasteiger partial charge in [-0.1, -0.05) is 11.6 Å². The lowest BCUT2D eigenvalue weighted by Gasteiger charge is -2.11. The first-order valence-corrected chi connectivity index (χ1v) is 10.8. The number of esters is 1. The van der Waals surface area contributed by atoms with E-state index in [1.165, 1.54) is 18.0 Å². The highest BCUT2D eigenvalue weighted by atomic mass is 35.5. The summed E-state index contributed by atoms with van der Waals surface area (Å²) in [5, 5.41) is 10.3. The van der Waals surface area contributed by atoms with Gasteiger partial charge in [0.15, 0.2) is 0 Å². The summed E-state index contributed by atoms with van der Waals surface area (Å²) < 4.78 is 23.0. The lowest BCUT2D eigenvalue weighted by atomic mass is 10.0. The standard InChI is InChI=1S/C22H27ClN4O6/c1-4-32-22(29)16-12-25-27(13-30-3)19(16)9-15-14-10-20(33-8-7-31-6-5-24-2)17(23)11-18(14)26-21(15)28/h9-12,24H,4-8,13H2,1-3H3,(H,26,28)/b15-9-. The number of rotatable bonds is 12. The summed E-state index contributed by atoms with van der Waals surface area (Å²) in [6.45, 7) is 4.04. The Morgan fingerprint density at radius 1 is 1.30 bits per heavy atom. The summed E-state index contributed by atoms with van der Waals surface area (Å²) in [7, 11) is 3.36. The molecule has 1 aliphatic rings. The number of nitrogens with one attached hydrogen (secondary N) is 2. The predicted octanol–water partition coefficient (Wildman–Crippen LogP) is 2.42. The number of carbonyl (C=O) groups is 2. The van der Waals surface area contributed by atoms with E-state index in [9.17, 15) is 9.59 Å². The average Bonchev–Trinajstić information content (AvgIpc) is 3.32. The summed E-state index contributed by atoms with van der Waals surface area (Å²) >= 11 is 6.34. The van der Waals surface area contributed by atoms with E-state index in [-0.39, 0.29) is 24.8 Å². The Bertz CT molecular complexity index is 1040. The van der Waals surface area contributed by atoms with Gasteiger partial charge < -0.3 is 29.6 Å². The maximum absolute atomic E-state index is 12.8. The molecule has 0 saturated carbocycles. The molecule has 1 aliphatic heterocycles. The highest BCUT2D eigenvalue weighted by molar-refractivity contribution is 6.37. The molecule has 1 amide bonds. The summed E-state index contributed by atoms with van der Waals surface area (Å²) in [6.07, 6.45) is 2.97. The van der Waals surface area contributed by atoms with Crippen molar-refractivity contribution in [3.8, 4) is 5.75 Å². The van der Waals surface area contributed by atoms with Crippen LogP contribution in [0.5, 0.6) is 5.75 Å². The second-order valence-corrected chi connectivity index (χ2v) is 7.39. The number of nitrogens with zero attached hydrogens (tertiary/aromatic N) is 2. The van der Waals surface area contributed by atoms with Gasteiger partial charge in [-0.3, -0.25) is 4.79 Å². The molecule has 2 aromatic rings. The fourth-order valence-corrected chi connectivity index (χ4v) is 3.43. The van der Waals surface area contributed by atoms with Crippen LogP contribution in [0.4, 0.5) is 5.69 Å². The molecule has 178 valence electrons. The molecule has 33 heavy (non-hydrogen) atoms. The van der Waals surface area contributed by atoms with Gasteiger partial charge in [0.05, 0.1) is 48.0 Å². The van der Waals surface area contributed by atoms with Crippen molar-refractivity contribution >= 4 is 40.8 Å². The minimum atomic E-state index is -0.538. The lowest BCUT2D eigenvalue weighted by molar-refractivity contribution is -0.110. The third-order valence-electron chi connectivity index (χ3n) is 4.74. The van der Waals surface area contributed by atoms with Crippen LogP contribution in [-0.4, -0.2) is 68.8 Å². The van der Waals surface area contributed by atoms with Crippen LogP contribution in [0.3, 0.4) is 0 Å². The highest BCUT2D eigenvalue weighted by Crippen LogP contribution is 2.40. The van der Waals surface area contributed by atoms with Crippen molar-refractivity contribution < 1.29 is 28.5 Å². The third kappa shape index (κ3) is 5.91. The van der Waals surface area contributed by atoms with Crippen molar-refractivity contribution in [1.82, 2.24) is 15.1 Å². The summed E-state index contributed by atoms with van der Waals surface area (Å²) in [4.78, 5) is 25.1. The molecule has 1 aromatic carbocycles. The molecule has 3 rings (SSSR count). The number of ether oxygens (including phenoxy) is 4. The molecular formula is C22H27ClN4O6. The smallest absolute Gasteiger partial charge is 0.341 e. The third-order valence-corrected chi connectivity index (χ3v) is 5.04. The van der Waals surface area contributed by atoms with Crippen LogP contribution < -0.4 is 15.4 Å². The molecule has 1 aromatic heterocycles. The van der Waals surface area contributed by atoms with Crippen LogP contribution in [0, 0.1) is 0 Å². The molecule has 2 N–H and O–H groups in total. The van der Waals surface area contributed by atoms with E-state index in [2.05, 4.69) is 15.7 Å². The maximum atomic E-state index is 12.8. The summed E-state index contributed by atoms with van der Waals surface area (Å²) in [5.41, 5.74) is 2.09. The van der Waals surface area contributed by atoms with E-state index >= 15 is 0 Å². The Morgan fingerprint density at radius 3 is 2.85 bits per heavy atom. The minimum absolute atomic E-state index is 0.0928. The van der Waals surface area contributed by atoms with Crippen LogP contribution in [0.15, 0.2) is 18.3 Å². The van der Waals surface area contributed by atoms with E-state index in [0.717, 1.165) is 6.54 Å². The topological polar surface area (TPSA) is 113 Å². The van der Waals surface area contributed by atoms with Crippen LogP contribution in [-0.2, 0) is 25.7 Å². The molecule has 0 unspecified atom stereocenters. The molecule has 0 bridgehead atoms. The molecular weight excluding hydrogens is 452 g/mol. The van der Waals surface area contributed by atoms with Crippen LogP contribution >= 0.6 is 11.6 Å². The first-order chi connectivity index (χ1) is 16.0. The summed E-state index contributed by atoms with van der Waals surface area (Å²) in [6, 6.07) is 3.32.